The van der Waals surface area contributed by atoms with Crippen LogP contribution in [0.4, 0.5) is 18.0 Å². The third kappa shape index (κ3) is 7.45. The van der Waals surface area contributed by atoms with Crippen molar-refractivity contribution in [2.75, 3.05) is 19.7 Å². The lowest BCUT2D eigenvalue weighted by atomic mass is 9.92. The first-order valence-corrected chi connectivity index (χ1v) is 10.2. The second kappa shape index (κ2) is 9.41. The summed E-state index contributed by atoms with van der Waals surface area (Å²) in [5.41, 5.74) is -1.72. The summed E-state index contributed by atoms with van der Waals surface area (Å²) >= 11 is 0. The van der Waals surface area contributed by atoms with Crippen LogP contribution in [0.1, 0.15) is 41.5 Å². The van der Waals surface area contributed by atoms with Gasteiger partial charge in [0, 0.05) is 19.3 Å². The van der Waals surface area contributed by atoms with Gasteiger partial charge in [0.1, 0.15) is 12.2 Å². The molecule has 1 fully saturated rings. The summed E-state index contributed by atoms with van der Waals surface area (Å²) in [4.78, 5) is 30.4. The highest BCUT2D eigenvalue weighted by Crippen LogP contribution is 2.31. The van der Waals surface area contributed by atoms with Crippen LogP contribution in [0, 0.1) is 11.3 Å². The van der Waals surface area contributed by atoms with Gasteiger partial charge in [-0.15, -0.1) is 13.2 Å². The molecular weight excluding hydrogens is 431 g/mol. The van der Waals surface area contributed by atoms with Crippen LogP contribution in [0.25, 0.3) is 0 Å². The van der Waals surface area contributed by atoms with Crippen LogP contribution in [0.5, 0.6) is 11.6 Å². The molecular formula is C21H30F3N3O5. The predicted octanol–water partition coefficient (Wildman–Crippen LogP) is 3.76. The average Bonchev–Trinajstić information content (AvgIpc) is 2.99. The second-order valence-electron chi connectivity index (χ2n) is 9.47. The highest BCUT2D eigenvalue weighted by Gasteiger charge is 2.39. The maximum atomic E-state index is 12.8. The third-order valence-corrected chi connectivity index (χ3v) is 4.73. The van der Waals surface area contributed by atoms with Crippen LogP contribution in [0.2, 0.25) is 0 Å². The SMILES string of the molecule is C[C@H]1CN(C(=O)OC(C)(C)C)C[C@@H]1NC(=O)C(C)(C)COc1ncccc1OC(F)(F)F. The first kappa shape index (κ1) is 25.5. The zero-order valence-electron chi connectivity index (χ0n) is 19.1. The van der Waals surface area contributed by atoms with Crippen LogP contribution < -0.4 is 14.8 Å². The molecule has 0 unspecified atom stereocenters. The summed E-state index contributed by atoms with van der Waals surface area (Å²) in [5.74, 6) is -1.33. The molecule has 0 bridgehead atoms. The van der Waals surface area contributed by atoms with Gasteiger partial charge in [-0.2, -0.15) is 0 Å². The van der Waals surface area contributed by atoms with Crippen LogP contribution in [0.3, 0.4) is 0 Å². The smallest absolute Gasteiger partial charge is 0.474 e. The van der Waals surface area contributed by atoms with E-state index in [-0.39, 0.29) is 30.4 Å². The van der Waals surface area contributed by atoms with E-state index in [9.17, 15) is 22.8 Å². The third-order valence-electron chi connectivity index (χ3n) is 4.73. The number of ether oxygens (including phenoxy) is 3. The Hall–Kier alpha value is -2.72. The zero-order chi connectivity index (χ0) is 24.3. The molecule has 11 heteroatoms. The van der Waals surface area contributed by atoms with E-state index in [1.54, 1.807) is 39.5 Å². The van der Waals surface area contributed by atoms with Crippen molar-refractivity contribution in [1.29, 1.82) is 0 Å². The second-order valence-corrected chi connectivity index (χ2v) is 9.47. The Bertz CT molecular complexity index is 824. The summed E-state index contributed by atoms with van der Waals surface area (Å²) in [5, 5.41) is 2.91. The maximum absolute atomic E-state index is 12.8. The number of rotatable bonds is 6. The molecule has 32 heavy (non-hydrogen) atoms. The fraction of sp³-hybridized carbons (Fsp3) is 0.667. The summed E-state index contributed by atoms with van der Waals surface area (Å²) in [7, 11) is 0. The van der Waals surface area contributed by atoms with Gasteiger partial charge in [-0.1, -0.05) is 6.92 Å². The molecule has 1 aliphatic heterocycles. The zero-order valence-corrected chi connectivity index (χ0v) is 19.1. The maximum Gasteiger partial charge on any atom is 0.573 e. The molecule has 0 radical (unpaired) electrons. The van der Waals surface area contributed by atoms with Crippen LogP contribution in [0.15, 0.2) is 18.3 Å². The quantitative estimate of drug-likeness (QED) is 0.694. The van der Waals surface area contributed by atoms with Gasteiger partial charge < -0.3 is 24.4 Å². The molecule has 8 nitrogen and oxygen atoms in total. The minimum absolute atomic E-state index is 0.00855. The molecule has 0 spiro atoms. The first-order chi connectivity index (χ1) is 14.6. The van der Waals surface area contributed by atoms with Gasteiger partial charge in [0.05, 0.1) is 11.5 Å². The Morgan fingerprint density at radius 3 is 2.44 bits per heavy atom. The Kier molecular flexibility index (Phi) is 7.51. The van der Waals surface area contributed by atoms with Crippen LogP contribution in [-0.4, -0.2) is 59.6 Å². The van der Waals surface area contributed by atoms with E-state index >= 15 is 0 Å². The molecule has 180 valence electrons. The van der Waals surface area contributed by atoms with Gasteiger partial charge in [0.25, 0.3) is 5.88 Å². The van der Waals surface area contributed by atoms with Crippen molar-refractivity contribution in [2.45, 2.75) is 59.5 Å². The summed E-state index contributed by atoms with van der Waals surface area (Å²) in [6.45, 7) is 10.9. The predicted molar refractivity (Wildman–Crippen MR) is 109 cm³/mol. The average molecular weight is 461 g/mol. The number of hydrogen-bond acceptors (Lipinski definition) is 6. The Morgan fingerprint density at radius 2 is 1.84 bits per heavy atom. The Balaban J connectivity index is 1.96. The number of carbonyl (C=O) groups is 2. The van der Waals surface area contributed by atoms with E-state index in [1.165, 1.54) is 12.3 Å². The van der Waals surface area contributed by atoms with Crippen molar-refractivity contribution in [3.05, 3.63) is 18.3 Å². The van der Waals surface area contributed by atoms with Crippen molar-refractivity contribution >= 4 is 12.0 Å². The summed E-state index contributed by atoms with van der Waals surface area (Å²) < 4.78 is 52.4. The minimum atomic E-state index is -4.90. The number of amides is 2. The Morgan fingerprint density at radius 1 is 1.19 bits per heavy atom. The normalized spacial score (nSPS) is 19.5. The van der Waals surface area contributed by atoms with Gasteiger partial charge in [-0.25, -0.2) is 9.78 Å². The number of hydrogen-bond donors (Lipinski definition) is 1. The lowest BCUT2D eigenvalue weighted by Crippen LogP contribution is -2.48. The van der Waals surface area contributed by atoms with E-state index < -0.39 is 29.2 Å². The van der Waals surface area contributed by atoms with Crippen LogP contribution >= 0.6 is 0 Å². The van der Waals surface area contributed by atoms with E-state index in [0.717, 1.165) is 6.07 Å². The largest absolute Gasteiger partial charge is 0.573 e. The Labute approximate surface area is 185 Å². The van der Waals surface area contributed by atoms with E-state index in [4.69, 9.17) is 9.47 Å². The number of pyridine rings is 1. The van der Waals surface area contributed by atoms with Crippen molar-refractivity contribution in [3.8, 4) is 11.6 Å². The fourth-order valence-electron chi connectivity index (χ4n) is 3.00. The molecule has 1 aromatic heterocycles. The minimum Gasteiger partial charge on any atom is -0.474 e. The highest BCUT2D eigenvalue weighted by molar-refractivity contribution is 5.82. The van der Waals surface area contributed by atoms with E-state index in [0.29, 0.717) is 13.1 Å². The van der Waals surface area contributed by atoms with E-state index in [1.807, 2.05) is 6.92 Å². The molecule has 1 N–H and O–H groups in total. The summed E-state index contributed by atoms with van der Waals surface area (Å²) in [6.07, 6.45) is -4.08. The fourth-order valence-corrected chi connectivity index (χ4v) is 3.00. The molecule has 0 saturated carbocycles. The van der Waals surface area contributed by atoms with Crippen LogP contribution in [-0.2, 0) is 9.53 Å². The number of alkyl halides is 3. The standard InChI is InChI=1S/C21H30F3N3O5/c1-13-10-27(18(29)32-19(2,3)4)11-14(13)26-17(28)20(5,6)12-30-16-15(8-7-9-25-16)31-21(22,23)24/h7-9,13-14H,10-12H2,1-6H3,(H,26,28)/t13-,14-/m0/s1. The molecule has 2 atom stereocenters. The molecule has 1 saturated heterocycles. The van der Waals surface area contributed by atoms with Gasteiger partial charge in [0.15, 0.2) is 5.75 Å². The number of carbonyl (C=O) groups excluding carboxylic acids is 2. The highest BCUT2D eigenvalue weighted by atomic mass is 19.4. The van der Waals surface area contributed by atoms with Crippen molar-refractivity contribution in [2.24, 2.45) is 11.3 Å². The van der Waals surface area contributed by atoms with Gasteiger partial charge in [-0.3, -0.25) is 4.79 Å². The summed E-state index contributed by atoms with van der Waals surface area (Å²) in [6, 6.07) is 2.06. The van der Waals surface area contributed by atoms with E-state index in [2.05, 4.69) is 15.0 Å². The van der Waals surface area contributed by atoms with Crippen molar-refractivity contribution < 1.29 is 37.0 Å². The lowest BCUT2D eigenvalue weighted by molar-refractivity contribution is -0.275. The number of nitrogens with zero attached hydrogens (tertiary/aromatic N) is 2. The number of nitrogens with one attached hydrogen (secondary N) is 1. The van der Waals surface area contributed by atoms with Crippen molar-refractivity contribution in [1.82, 2.24) is 15.2 Å². The number of halogens is 3. The molecule has 2 amide bonds. The number of aromatic nitrogens is 1. The molecule has 1 aliphatic rings. The van der Waals surface area contributed by atoms with Crippen molar-refractivity contribution in [3.63, 3.8) is 0 Å². The van der Waals surface area contributed by atoms with Gasteiger partial charge in [-0.05, 0) is 52.7 Å². The molecule has 0 aliphatic carbocycles. The van der Waals surface area contributed by atoms with Gasteiger partial charge >= 0.3 is 12.5 Å². The number of likely N-dealkylation sites (tertiary alicyclic amines) is 1. The first-order valence-electron chi connectivity index (χ1n) is 10.2. The monoisotopic (exact) mass is 461 g/mol. The van der Waals surface area contributed by atoms with Gasteiger partial charge in [0.2, 0.25) is 5.91 Å². The lowest BCUT2D eigenvalue weighted by Gasteiger charge is -2.27. The molecule has 0 aromatic carbocycles. The topological polar surface area (TPSA) is 90.0 Å². The molecule has 2 rings (SSSR count). The molecule has 1 aromatic rings. The molecule has 2 heterocycles.